The van der Waals surface area contributed by atoms with Crippen molar-refractivity contribution in [3.63, 3.8) is 0 Å². The van der Waals surface area contributed by atoms with Gasteiger partial charge in [-0.1, -0.05) is 0 Å². The summed E-state index contributed by atoms with van der Waals surface area (Å²) >= 11 is 0. The molecule has 2 N–H and O–H groups in total. The van der Waals surface area contributed by atoms with Crippen molar-refractivity contribution in [3.8, 4) is 23.4 Å². The van der Waals surface area contributed by atoms with E-state index >= 15 is 0 Å². The van der Waals surface area contributed by atoms with E-state index in [0.717, 1.165) is 18.5 Å². The Labute approximate surface area is 197 Å². The van der Waals surface area contributed by atoms with Gasteiger partial charge in [0.05, 0.1) is 17.4 Å². The van der Waals surface area contributed by atoms with Crippen LogP contribution < -0.4 is 24.8 Å². The van der Waals surface area contributed by atoms with Crippen LogP contribution >= 0.6 is 0 Å². The van der Waals surface area contributed by atoms with Crippen LogP contribution in [0.25, 0.3) is 0 Å². The first-order valence-corrected chi connectivity index (χ1v) is 11.1. The molecule has 0 radical (unpaired) electrons. The molecule has 0 amide bonds. The Bertz CT molecular complexity index is 1220. The Morgan fingerprint density at radius 2 is 1.91 bits per heavy atom. The Morgan fingerprint density at radius 1 is 1.06 bits per heavy atom. The molecule has 3 aromatic rings. The van der Waals surface area contributed by atoms with Gasteiger partial charge in [0.1, 0.15) is 37.0 Å². The molecule has 1 aliphatic heterocycles. The predicted octanol–water partition coefficient (Wildman–Crippen LogP) is 3.47. The number of ether oxygens (including phenoxy) is 3. The molecule has 5 rings (SSSR count). The summed E-state index contributed by atoms with van der Waals surface area (Å²) in [7, 11) is 4.14. The van der Waals surface area contributed by atoms with E-state index < -0.39 is 0 Å². The molecule has 3 heterocycles. The molecule has 0 unspecified atom stereocenters. The summed E-state index contributed by atoms with van der Waals surface area (Å²) < 4.78 is 17.1. The number of nitriles is 1. The molecule has 174 valence electrons. The molecular formula is C24H25N7O3. The number of fused-ring (bicyclic) bond motifs is 1. The molecular weight excluding hydrogens is 434 g/mol. The van der Waals surface area contributed by atoms with E-state index in [1.807, 2.05) is 18.2 Å². The standard InChI is InChI=1S/C24H25N7O3/c1-31(2)18-11-19(12-18)34-20-4-3-16(9-15(20)13-25)29-24-26-6-5-22(30-24)28-17-10-21-23(27-14-17)33-8-7-32-21/h3-6,9-10,14,18-19H,7-8,11-12H2,1-2H3,(H2,26,28,29,30). The highest BCUT2D eigenvalue weighted by atomic mass is 16.6. The number of aromatic nitrogens is 3. The van der Waals surface area contributed by atoms with Gasteiger partial charge in [0.25, 0.3) is 5.88 Å². The van der Waals surface area contributed by atoms with E-state index in [0.29, 0.717) is 59.7 Å². The maximum atomic E-state index is 9.61. The van der Waals surface area contributed by atoms with Crippen LogP contribution in [0.2, 0.25) is 0 Å². The van der Waals surface area contributed by atoms with Crippen molar-refractivity contribution in [2.75, 3.05) is 37.9 Å². The monoisotopic (exact) mass is 459 g/mol. The number of anilines is 4. The van der Waals surface area contributed by atoms with Gasteiger partial charge in [-0.05, 0) is 51.2 Å². The topological polar surface area (TPSA) is 117 Å². The van der Waals surface area contributed by atoms with Crippen molar-refractivity contribution >= 4 is 23.1 Å². The molecule has 1 aromatic carbocycles. The molecule has 2 aromatic heterocycles. The number of pyridine rings is 1. The maximum Gasteiger partial charge on any atom is 0.257 e. The largest absolute Gasteiger partial charge is 0.489 e. The number of nitrogens with zero attached hydrogens (tertiary/aromatic N) is 5. The van der Waals surface area contributed by atoms with E-state index in [1.54, 1.807) is 24.5 Å². The third kappa shape index (κ3) is 4.79. The summed E-state index contributed by atoms with van der Waals surface area (Å²) in [5, 5.41) is 16.0. The van der Waals surface area contributed by atoms with Crippen LogP contribution in [-0.2, 0) is 0 Å². The lowest BCUT2D eigenvalue weighted by Crippen LogP contribution is -2.46. The van der Waals surface area contributed by atoms with Gasteiger partial charge in [-0.25, -0.2) is 9.97 Å². The van der Waals surface area contributed by atoms with Crippen LogP contribution in [0.5, 0.6) is 17.4 Å². The van der Waals surface area contributed by atoms with Gasteiger partial charge in [0.2, 0.25) is 5.95 Å². The molecule has 1 fully saturated rings. The van der Waals surface area contributed by atoms with Crippen molar-refractivity contribution < 1.29 is 14.2 Å². The number of benzene rings is 1. The summed E-state index contributed by atoms with van der Waals surface area (Å²) in [4.78, 5) is 15.2. The lowest BCUT2D eigenvalue weighted by Gasteiger charge is -2.39. The van der Waals surface area contributed by atoms with Crippen molar-refractivity contribution in [3.05, 3.63) is 48.3 Å². The van der Waals surface area contributed by atoms with Crippen LogP contribution in [0.4, 0.5) is 23.1 Å². The van der Waals surface area contributed by atoms with Gasteiger partial charge in [-0.3, -0.25) is 0 Å². The average Bonchev–Trinajstić information content (AvgIpc) is 2.81. The van der Waals surface area contributed by atoms with Gasteiger partial charge in [0, 0.05) is 24.0 Å². The molecule has 0 bridgehead atoms. The average molecular weight is 460 g/mol. The third-order valence-corrected chi connectivity index (χ3v) is 5.78. The third-order valence-electron chi connectivity index (χ3n) is 5.78. The number of hydrogen-bond acceptors (Lipinski definition) is 10. The minimum atomic E-state index is 0.138. The normalized spacial score (nSPS) is 18.5. The summed E-state index contributed by atoms with van der Waals surface area (Å²) in [5.41, 5.74) is 1.88. The SMILES string of the molecule is CN(C)C1CC(Oc2ccc(Nc3nccc(Nc4cnc5c(c4)OCCO5)n3)cc2C#N)C1. The van der Waals surface area contributed by atoms with Crippen molar-refractivity contribution in [1.82, 2.24) is 19.9 Å². The quantitative estimate of drug-likeness (QED) is 0.544. The summed E-state index contributed by atoms with van der Waals surface area (Å²) in [6.07, 6.45) is 5.36. The smallest absolute Gasteiger partial charge is 0.257 e. The van der Waals surface area contributed by atoms with Gasteiger partial charge >= 0.3 is 0 Å². The van der Waals surface area contributed by atoms with Crippen LogP contribution in [0.1, 0.15) is 18.4 Å². The first-order chi connectivity index (χ1) is 16.6. The number of rotatable bonds is 7. The van der Waals surface area contributed by atoms with Crippen molar-refractivity contribution in [2.24, 2.45) is 0 Å². The highest BCUT2D eigenvalue weighted by molar-refractivity contribution is 5.63. The maximum absolute atomic E-state index is 9.61. The van der Waals surface area contributed by atoms with Gasteiger partial charge in [0.15, 0.2) is 5.75 Å². The van der Waals surface area contributed by atoms with Gasteiger partial charge in [-0.15, -0.1) is 0 Å². The number of nitrogens with one attached hydrogen (secondary N) is 2. The minimum Gasteiger partial charge on any atom is -0.489 e. The zero-order valence-electron chi connectivity index (χ0n) is 19.0. The fraction of sp³-hybridized carbons (Fsp3) is 0.333. The molecule has 10 heteroatoms. The van der Waals surface area contributed by atoms with E-state index in [2.05, 4.69) is 50.6 Å². The second-order valence-corrected chi connectivity index (χ2v) is 8.39. The summed E-state index contributed by atoms with van der Waals surface area (Å²) in [6.45, 7) is 0.983. The Hall–Kier alpha value is -4.10. The van der Waals surface area contributed by atoms with Crippen LogP contribution in [-0.4, -0.2) is 59.3 Å². The molecule has 10 nitrogen and oxygen atoms in total. The Balaban J connectivity index is 1.25. The van der Waals surface area contributed by atoms with Crippen LogP contribution in [0.15, 0.2) is 42.7 Å². The first-order valence-electron chi connectivity index (χ1n) is 11.1. The zero-order chi connectivity index (χ0) is 23.5. The Morgan fingerprint density at radius 3 is 2.74 bits per heavy atom. The van der Waals surface area contributed by atoms with Crippen LogP contribution in [0.3, 0.4) is 0 Å². The van der Waals surface area contributed by atoms with E-state index in [-0.39, 0.29) is 6.10 Å². The second kappa shape index (κ2) is 9.41. The summed E-state index contributed by atoms with van der Waals surface area (Å²) in [6, 6.07) is 11.7. The lowest BCUT2D eigenvalue weighted by molar-refractivity contribution is 0.0399. The van der Waals surface area contributed by atoms with E-state index in [4.69, 9.17) is 14.2 Å². The predicted molar refractivity (Wildman–Crippen MR) is 126 cm³/mol. The highest BCUT2D eigenvalue weighted by Gasteiger charge is 2.32. The molecule has 34 heavy (non-hydrogen) atoms. The van der Waals surface area contributed by atoms with Crippen LogP contribution in [0, 0.1) is 11.3 Å². The second-order valence-electron chi connectivity index (χ2n) is 8.39. The minimum absolute atomic E-state index is 0.138. The van der Waals surface area contributed by atoms with E-state index in [9.17, 15) is 5.26 Å². The Kier molecular flexibility index (Phi) is 6.01. The first kappa shape index (κ1) is 21.7. The molecule has 0 atom stereocenters. The molecule has 1 aliphatic carbocycles. The lowest BCUT2D eigenvalue weighted by atomic mass is 9.88. The molecule has 0 saturated heterocycles. The molecule has 0 spiro atoms. The van der Waals surface area contributed by atoms with Crippen molar-refractivity contribution in [1.29, 1.82) is 5.26 Å². The van der Waals surface area contributed by atoms with Gasteiger partial charge in [-0.2, -0.15) is 10.2 Å². The number of hydrogen-bond donors (Lipinski definition) is 2. The molecule has 1 saturated carbocycles. The van der Waals surface area contributed by atoms with Gasteiger partial charge < -0.3 is 29.7 Å². The molecule has 2 aliphatic rings. The van der Waals surface area contributed by atoms with Crippen molar-refractivity contribution in [2.45, 2.75) is 25.0 Å². The fourth-order valence-corrected chi connectivity index (χ4v) is 3.80. The zero-order valence-corrected chi connectivity index (χ0v) is 19.0. The van der Waals surface area contributed by atoms with E-state index in [1.165, 1.54) is 0 Å². The fourth-order valence-electron chi connectivity index (χ4n) is 3.80. The summed E-state index contributed by atoms with van der Waals surface area (Å²) in [5.74, 6) is 2.64. The highest BCUT2D eigenvalue weighted by Crippen LogP contribution is 2.32.